The molecule has 0 bridgehead atoms. The van der Waals surface area contributed by atoms with Gasteiger partial charge in [-0.05, 0) is 40.0 Å². The summed E-state index contributed by atoms with van der Waals surface area (Å²) in [6.45, 7) is 7.90. The summed E-state index contributed by atoms with van der Waals surface area (Å²) in [4.78, 5) is 0. The standard InChI is InChI=1S/C13H22N2O/c1-5-16-12-9-7-6-8-11(12)15-13(2,3)10-14-4/h6-9,14-15H,5,10H2,1-4H3. The molecule has 0 saturated heterocycles. The summed E-state index contributed by atoms with van der Waals surface area (Å²) in [5.41, 5.74) is 1.05. The van der Waals surface area contributed by atoms with Gasteiger partial charge in [0, 0.05) is 12.1 Å². The van der Waals surface area contributed by atoms with Gasteiger partial charge < -0.3 is 15.4 Å². The summed E-state index contributed by atoms with van der Waals surface area (Å²) < 4.78 is 5.58. The maximum absolute atomic E-state index is 5.58. The van der Waals surface area contributed by atoms with Crippen LogP contribution in [0.3, 0.4) is 0 Å². The highest BCUT2D eigenvalue weighted by molar-refractivity contribution is 5.57. The molecule has 1 aromatic rings. The maximum atomic E-state index is 5.58. The van der Waals surface area contributed by atoms with E-state index in [1.807, 2.05) is 38.2 Å². The number of anilines is 1. The molecule has 0 saturated carbocycles. The van der Waals surface area contributed by atoms with Crippen LogP contribution in [0.5, 0.6) is 5.75 Å². The van der Waals surface area contributed by atoms with Crippen molar-refractivity contribution in [2.45, 2.75) is 26.3 Å². The Bertz CT molecular complexity index is 323. The predicted octanol–water partition coefficient (Wildman–Crippen LogP) is 2.50. The molecule has 0 aromatic heterocycles. The molecule has 0 unspecified atom stereocenters. The summed E-state index contributed by atoms with van der Waals surface area (Å²) in [6, 6.07) is 8.03. The average Bonchev–Trinajstić information content (AvgIpc) is 2.20. The molecule has 0 heterocycles. The van der Waals surface area contributed by atoms with Gasteiger partial charge in [-0.25, -0.2) is 0 Å². The number of ether oxygens (including phenoxy) is 1. The van der Waals surface area contributed by atoms with E-state index < -0.39 is 0 Å². The fourth-order valence-electron chi connectivity index (χ4n) is 1.70. The van der Waals surface area contributed by atoms with E-state index >= 15 is 0 Å². The second kappa shape index (κ2) is 5.75. The van der Waals surface area contributed by atoms with Crippen molar-refractivity contribution in [1.29, 1.82) is 0 Å². The lowest BCUT2D eigenvalue weighted by molar-refractivity contribution is 0.340. The van der Waals surface area contributed by atoms with Crippen molar-refractivity contribution in [1.82, 2.24) is 5.32 Å². The highest BCUT2D eigenvalue weighted by Crippen LogP contribution is 2.26. The van der Waals surface area contributed by atoms with Gasteiger partial charge in [-0.2, -0.15) is 0 Å². The van der Waals surface area contributed by atoms with Crippen LogP contribution in [0.4, 0.5) is 5.69 Å². The molecule has 0 atom stereocenters. The molecule has 0 fully saturated rings. The van der Waals surface area contributed by atoms with Crippen molar-refractivity contribution < 1.29 is 4.74 Å². The van der Waals surface area contributed by atoms with E-state index in [-0.39, 0.29) is 5.54 Å². The Hall–Kier alpha value is -1.22. The minimum Gasteiger partial charge on any atom is -0.492 e. The van der Waals surface area contributed by atoms with Crippen molar-refractivity contribution in [3.05, 3.63) is 24.3 Å². The molecule has 0 amide bonds. The molecule has 2 N–H and O–H groups in total. The van der Waals surface area contributed by atoms with Crippen LogP contribution in [0.15, 0.2) is 24.3 Å². The third kappa shape index (κ3) is 3.74. The minimum atomic E-state index is 0.00194. The minimum absolute atomic E-state index is 0.00194. The van der Waals surface area contributed by atoms with Crippen molar-refractivity contribution in [2.75, 3.05) is 25.5 Å². The summed E-state index contributed by atoms with van der Waals surface area (Å²) in [7, 11) is 1.96. The zero-order valence-electron chi connectivity index (χ0n) is 10.6. The van der Waals surface area contributed by atoms with Crippen molar-refractivity contribution in [3.63, 3.8) is 0 Å². The molecule has 0 aliphatic heterocycles. The van der Waals surface area contributed by atoms with E-state index in [0.717, 1.165) is 18.0 Å². The van der Waals surface area contributed by atoms with Crippen molar-refractivity contribution in [2.24, 2.45) is 0 Å². The third-order valence-corrected chi connectivity index (χ3v) is 2.28. The van der Waals surface area contributed by atoms with Crippen LogP contribution in [0, 0.1) is 0 Å². The zero-order valence-corrected chi connectivity index (χ0v) is 10.6. The lowest BCUT2D eigenvalue weighted by Gasteiger charge is -2.28. The fourth-order valence-corrected chi connectivity index (χ4v) is 1.70. The summed E-state index contributed by atoms with van der Waals surface area (Å²) in [5.74, 6) is 0.911. The highest BCUT2D eigenvalue weighted by Gasteiger charge is 2.17. The molecule has 0 aliphatic rings. The second-order valence-corrected chi connectivity index (χ2v) is 4.47. The largest absolute Gasteiger partial charge is 0.492 e. The molecule has 16 heavy (non-hydrogen) atoms. The first-order valence-electron chi connectivity index (χ1n) is 5.73. The molecule has 3 nitrogen and oxygen atoms in total. The van der Waals surface area contributed by atoms with Crippen LogP contribution in [-0.4, -0.2) is 25.7 Å². The molecular weight excluding hydrogens is 200 g/mol. The number of benzene rings is 1. The summed E-state index contributed by atoms with van der Waals surface area (Å²) >= 11 is 0. The molecular formula is C13H22N2O. The van der Waals surface area contributed by atoms with Crippen LogP contribution in [-0.2, 0) is 0 Å². The molecule has 1 aromatic carbocycles. The van der Waals surface area contributed by atoms with Gasteiger partial charge in [0.05, 0.1) is 12.3 Å². The van der Waals surface area contributed by atoms with Gasteiger partial charge in [-0.15, -0.1) is 0 Å². The number of likely N-dealkylation sites (N-methyl/N-ethyl adjacent to an activating group) is 1. The van der Waals surface area contributed by atoms with Gasteiger partial charge in [0.15, 0.2) is 0 Å². The highest BCUT2D eigenvalue weighted by atomic mass is 16.5. The molecule has 90 valence electrons. The van der Waals surface area contributed by atoms with Gasteiger partial charge in [-0.1, -0.05) is 12.1 Å². The van der Waals surface area contributed by atoms with E-state index in [4.69, 9.17) is 4.74 Å². The number of hydrogen-bond donors (Lipinski definition) is 2. The van der Waals surface area contributed by atoms with E-state index in [1.54, 1.807) is 0 Å². The zero-order chi connectivity index (χ0) is 12.0. The summed E-state index contributed by atoms with van der Waals surface area (Å²) in [5, 5.41) is 6.66. The van der Waals surface area contributed by atoms with E-state index in [1.165, 1.54) is 0 Å². The molecule has 3 heteroatoms. The topological polar surface area (TPSA) is 33.3 Å². The van der Waals surface area contributed by atoms with Crippen LogP contribution in [0.1, 0.15) is 20.8 Å². The Labute approximate surface area is 98.2 Å². The normalized spacial score (nSPS) is 11.2. The molecule has 1 rings (SSSR count). The number of para-hydroxylation sites is 2. The predicted molar refractivity (Wildman–Crippen MR) is 69.2 cm³/mol. The smallest absolute Gasteiger partial charge is 0.142 e. The maximum Gasteiger partial charge on any atom is 0.142 e. The Morgan fingerprint density at radius 2 is 1.94 bits per heavy atom. The van der Waals surface area contributed by atoms with Gasteiger partial charge in [0.25, 0.3) is 0 Å². The van der Waals surface area contributed by atoms with Crippen molar-refractivity contribution >= 4 is 5.69 Å². The summed E-state index contributed by atoms with van der Waals surface area (Å²) in [6.07, 6.45) is 0. The molecule has 0 spiro atoms. The number of hydrogen-bond acceptors (Lipinski definition) is 3. The van der Waals surface area contributed by atoms with Crippen LogP contribution >= 0.6 is 0 Å². The Kier molecular flexibility index (Phi) is 4.62. The fraction of sp³-hybridized carbons (Fsp3) is 0.538. The van der Waals surface area contributed by atoms with Gasteiger partial charge >= 0.3 is 0 Å². The first-order chi connectivity index (χ1) is 7.59. The first kappa shape index (κ1) is 12.8. The Morgan fingerprint density at radius 1 is 1.25 bits per heavy atom. The van der Waals surface area contributed by atoms with Crippen molar-refractivity contribution in [3.8, 4) is 5.75 Å². The third-order valence-electron chi connectivity index (χ3n) is 2.28. The lowest BCUT2D eigenvalue weighted by Crippen LogP contribution is -2.40. The second-order valence-electron chi connectivity index (χ2n) is 4.47. The Morgan fingerprint density at radius 3 is 2.56 bits per heavy atom. The number of nitrogens with one attached hydrogen (secondary N) is 2. The number of rotatable bonds is 6. The van der Waals surface area contributed by atoms with Crippen LogP contribution in [0.2, 0.25) is 0 Å². The first-order valence-corrected chi connectivity index (χ1v) is 5.73. The van der Waals surface area contributed by atoms with Gasteiger partial charge in [0.2, 0.25) is 0 Å². The molecule has 0 aliphatic carbocycles. The van der Waals surface area contributed by atoms with E-state index in [2.05, 4.69) is 24.5 Å². The lowest BCUT2D eigenvalue weighted by atomic mass is 10.1. The SMILES string of the molecule is CCOc1ccccc1NC(C)(C)CNC. The molecule has 0 radical (unpaired) electrons. The van der Waals surface area contributed by atoms with Gasteiger partial charge in [-0.3, -0.25) is 0 Å². The van der Waals surface area contributed by atoms with Gasteiger partial charge in [0.1, 0.15) is 5.75 Å². The average molecular weight is 222 g/mol. The van der Waals surface area contributed by atoms with E-state index in [9.17, 15) is 0 Å². The Balaban J connectivity index is 2.79. The van der Waals surface area contributed by atoms with E-state index in [0.29, 0.717) is 6.61 Å². The van der Waals surface area contributed by atoms with Crippen LogP contribution < -0.4 is 15.4 Å². The quantitative estimate of drug-likeness (QED) is 0.776. The van der Waals surface area contributed by atoms with Crippen LogP contribution in [0.25, 0.3) is 0 Å². The monoisotopic (exact) mass is 222 g/mol.